The van der Waals surface area contributed by atoms with Crippen LogP contribution in [-0.2, 0) is 0 Å². The van der Waals surface area contributed by atoms with Crippen molar-refractivity contribution in [3.8, 4) is 5.75 Å². The maximum absolute atomic E-state index is 5.52. The molecule has 62 valence electrons. The zero-order valence-electron chi connectivity index (χ0n) is 6.80. The summed E-state index contributed by atoms with van der Waals surface area (Å²) in [5.41, 5.74) is 2.44. The fourth-order valence-corrected chi connectivity index (χ4v) is 1.59. The minimum absolute atomic E-state index is 0.712. The van der Waals surface area contributed by atoms with Gasteiger partial charge in [0, 0.05) is 10.0 Å². The van der Waals surface area contributed by atoms with Crippen LogP contribution in [0.1, 0.15) is 12.5 Å². The van der Waals surface area contributed by atoms with Crippen molar-refractivity contribution in [1.29, 1.82) is 0 Å². The van der Waals surface area contributed by atoms with Crippen LogP contribution >= 0.6 is 15.9 Å². The summed E-state index contributed by atoms with van der Waals surface area (Å²) in [6.45, 7) is 2.79. The molecule has 1 aliphatic heterocycles. The highest BCUT2D eigenvalue weighted by Crippen LogP contribution is 2.28. The molecule has 2 heteroatoms. The molecule has 1 heterocycles. The zero-order chi connectivity index (χ0) is 8.55. The number of benzene rings is 1. The Balaban J connectivity index is 2.51. The molecule has 1 aliphatic rings. The monoisotopic (exact) mass is 224 g/mol. The molecule has 1 nitrogen and oxygen atoms in total. The molecule has 0 unspecified atom stereocenters. The van der Waals surface area contributed by atoms with Crippen molar-refractivity contribution in [2.75, 3.05) is 6.61 Å². The molecule has 12 heavy (non-hydrogen) atoms. The Labute approximate surface area is 80.2 Å². The molecule has 1 aromatic rings. The summed E-state index contributed by atoms with van der Waals surface area (Å²) < 4.78 is 6.58. The van der Waals surface area contributed by atoms with E-state index in [9.17, 15) is 0 Å². The second kappa shape index (κ2) is 2.94. The van der Waals surface area contributed by atoms with Crippen LogP contribution in [0.2, 0.25) is 0 Å². The van der Waals surface area contributed by atoms with E-state index in [1.807, 2.05) is 12.1 Å². The first kappa shape index (κ1) is 7.87. The average molecular weight is 225 g/mol. The summed E-state index contributed by atoms with van der Waals surface area (Å²) in [4.78, 5) is 0. The third kappa shape index (κ3) is 1.39. The minimum Gasteiger partial charge on any atom is -0.489 e. The van der Waals surface area contributed by atoms with Gasteiger partial charge in [-0.15, -0.1) is 0 Å². The van der Waals surface area contributed by atoms with E-state index in [-0.39, 0.29) is 0 Å². The third-order valence-electron chi connectivity index (χ3n) is 1.83. The van der Waals surface area contributed by atoms with Crippen molar-refractivity contribution >= 4 is 22.0 Å². The van der Waals surface area contributed by atoms with Crippen molar-refractivity contribution in [1.82, 2.24) is 0 Å². The lowest BCUT2D eigenvalue weighted by Gasteiger charge is -2.15. The van der Waals surface area contributed by atoms with Gasteiger partial charge in [-0.3, -0.25) is 0 Å². The van der Waals surface area contributed by atoms with Gasteiger partial charge in [0.2, 0.25) is 0 Å². The summed E-state index contributed by atoms with van der Waals surface area (Å²) in [5, 5.41) is 0. The molecule has 0 spiro atoms. The molecular weight excluding hydrogens is 216 g/mol. The van der Waals surface area contributed by atoms with Crippen molar-refractivity contribution in [3.05, 3.63) is 33.8 Å². The normalized spacial score (nSPS) is 14.7. The number of hydrogen-bond donors (Lipinski definition) is 0. The molecule has 2 rings (SSSR count). The Morgan fingerprint density at radius 3 is 3.08 bits per heavy atom. The molecule has 0 aromatic heterocycles. The van der Waals surface area contributed by atoms with Crippen LogP contribution in [0.5, 0.6) is 5.75 Å². The summed E-state index contributed by atoms with van der Waals surface area (Å²) >= 11 is 3.40. The Morgan fingerprint density at radius 2 is 2.25 bits per heavy atom. The van der Waals surface area contributed by atoms with E-state index in [1.54, 1.807) is 0 Å². The largest absolute Gasteiger partial charge is 0.489 e. The fraction of sp³-hybridized carbons (Fsp3) is 0.200. The molecule has 0 aliphatic carbocycles. The van der Waals surface area contributed by atoms with Crippen LogP contribution in [0.4, 0.5) is 0 Å². The standard InChI is InChI=1S/C10H9BrO/c1-7-4-8-2-3-9(11)5-10(8)12-6-7/h2-5H,6H2,1H3. The lowest BCUT2D eigenvalue weighted by atomic mass is 10.1. The predicted octanol–water partition coefficient (Wildman–Crippen LogP) is 3.24. The average Bonchev–Trinajstić information content (AvgIpc) is 2.05. The number of hydrogen-bond acceptors (Lipinski definition) is 1. The topological polar surface area (TPSA) is 9.23 Å². The highest BCUT2D eigenvalue weighted by atomic mass is 79.9. The zero-order valence-corrected chi connectivity index (χ0v) is 8.39. The van der Waals surface area contributed by atoms with Gasteiger partial charge in [0.05, 0.1) is 0 Å². The van der Waals surface area contributed by atoms with Gasteiger partial charge < -0.3 is 4.74 Å². The van der Waals surface area contributed by atoms with E-state index < -0.39 is 0 Å². The van der Waals surface area contributed by atoms with E-state index in [4.69, 9.17) is 4.74 Å². The van der Waals surface area contributed by atoms with Crippen LogP contribution in [0.3, 0.4) is 0 Å². The van der Waals surface area contributed by atoms with Crippen LogP contribution in [0.15, 0.2) is 28.2 Å². The molecule has 1 aromatic carbocycles. The summed E-state index contributed by atoms with van der Waals surface area (Å²) in [6.07, 6.45) is 2.16. The Bertz CT molecular complexity index is 342. The third-order valence-corrected chi connectivity index (χ3v) is 2.33. The van der Waals surface area contributed by atoms with Gasteiger partial charge >= 0.3 is 0 Å². The van der Waals surface area contributed by atoms with E-state index in [0.717, 1.165) is 10.2 Å². The van der Waals surface area contributed by atoms with Crippen LogP contribution in [0.25, 0.3) is 6.08 Å². The first-order valence-corrected chi connectivity index (χ1v) is 4.64. The van der Waals surface area contributed by atoms with Crippen molar-refractivity contribution in [2.24, 2.45) is 0 Å². The predicted molar refractivity (Wildman–Crippen MR) is 53.3 cm³/mol. The van der Waals surface area contributed by atoms with E-state index in [1.165, 1.54) is 11.1 Å². The smallest absolute Gasteiger partial charge is 0.128 e. The summed E-state index contributed by atoms with van der Waals surface area (Å²) in [5.74, 6) is 0.968. The van der Waals surface area contributed by atoms with Gasteiger partial charge in [-0.25, -0.2) is 0 Å². The van der Waals surface area contributed by atoms with Gasteiger partial charge in [-0.2, -0.15) is 0 Å². The highest BCUT2D eigenvalue weighted by molar-refractivity contribution is 9.10. The van der Waals surface area contributed by atoms with Crippen LogP contribution in [-0.4, -0.2) is 6.61 Å². The molecule has 0 radical (unpaired) electrons. The quantitative estimate of drug-likeness (QED) is 0.658. The number of halogens is 1. The second-order valence-electron chi connectivity index (χ2n) is 2.96. The van der Waals surface area contributed by atoms with Gasteiger partial charge in [-0.1, -0.05) is 22.0 Å². The first-order chi connectivity index (χ1) is 5.75. The molecule has 0 atom stereocenters. The maximum atomic E-state index is 5.52. The van der Waals surface area contributed by atoms with Crippen molar-refractivity contribution in [3.63, 3.8) is 0 Å². The lowest BCUT2D eigenvalue weighted by Crippen LogP contribution is -2.04. The Kier molecular flexibility index (Phi) is 1.93. The van der Waals surface area contributed by atoms with Gasteiger partial charge in [0.15, 0.2) is 0 Å². The Hall–Kier alpha value is -0.760. The minimum atomic E-state index is 0.712. The fourth-order valence-electron chi connectivity index (χ4n) is 1.25. The molecular formula is C10H9BrO. The molecule has 0 saturated heterocycles. The molecule has 0 saturated carbocycles. The van der Waals surface area contributed by atoms with E-state index >= 15 is 0 Å². The van der Waals surface area contributed by atoms with Gasteiger partial charge in [-0.05, 0) is 30.7 Å². The number of fused-ring (bicyclic) bond motifs is 1. The summed E-state index contributed by atoms with van der Waals surface area (Å²) in [6, 6.07) is 6.08. The van der Waals surface area contributed by atoms with Crippen molar-refractivity contribution < 1.29 is 4.74 Å². The van der Waals surface area contributed by atoms with E-state index in [0.29, 0.717) is 6.61 Å². The highest BCUT2D eigenvalue weighted by Gasteiger charge is 2.07. The van der Waals surface area contributed by atoms with Gasteiger partial charge in [0.25, 0.3) is 0 Å². The van der Waals surface area contributed by atoms with Crippen LogP contribution < -0.4 is 4.74 Å². The lowest BCUT2D eigenvalue weighted by molar-refractivity contribution is 0.347. The first-order valence-electron chi connectivity index (χ1n) is 3.85. The van der Waals surface area contributed by atoms with Gasteiger partial charge in [0.1, 0.15) is 12.4 Å². The molecule has 0 amide bonds. The molecule has 0 bridgehead atoms. The van der Waals surface area contributed by atoms with Crippen molar-refractivity contribution in [2.45, 2.75) is 6.92 Å². The summed E-state index contributed by atoms with van der Waals surface area (Å²) in [7, 11) is 0. The number of rotatable bonds is 0. The van der Waals surface area contributed by atoms with Crippen LogP contribution in [0, 0.1) is 0 Å². The molecule has 0 N–H and O–H groups in total. The number of ether oxygens (including phenoxy) is 1. The van der Waals surface area contributed by atoms with E-state index in [2.05, 4.69) is 35.0 Å². The SMILES string of the molecule is CC1=Cc2ccc(Br)cc2OC1. The maximum Gasteiger partial charge on any atom is 0.128 e. The second-order valence-corrected chi connectivity index (χ2v) is 3.88. The molecule has 0 fully saturated rings. The Morgan fingerprint density at radius 1 is 1.42 bits per heavy atom.